The number of benzene rings is 2. The molecule has 0 aliphatic carbocycles. The van der Waals surface area contributed by atoms with E-state index in [0.717, 1.165) is 42.0 Å². The van der Waals surface area contributed by atoms with Crippen LogP contribution >= 0.6 is 11.3 Å². The van der Waals surface area contributed by atoms with Gasteiger partial charge in [-0.3, -0.25) is 15.0 Å². The zero-order valence-electron chi connectivity index (χ0n) is 14.9. The monoisotopic (exact) mass is 365 g/mol. The largest absolute Gasteiger partial charge is 0.298 e. The molecule has 26 heavy (non-hydrogen) atoms. The first-order chi connectivity index (χ1) is 12.7. The average molecular weight is 366 g/mol. The lowest BCUT2D eigenvalue weighted by molar-refractivity contribution is 0.102. The van der Waals surface area contributed by atoms with Crippen molar-refractivity contribution < 1.29 is 4.79 Å². The molecule has 1 saturated heterocycles. The third-order valence-corrected chi connectivity index (χ3v) is 5.72. The predicted molar refractivity (Wildman–Crippen MR) is 108 cm³/mol. The standard InChI is InChI=1S/C21H23N3OS/c1-15-5-4-10-24(12-15)13-19-14-26-21(22-19)23-20(25)18-9-8-16-6-2-3-7-17(16)11-18/h2-3,6-9,11,14-15H,4-5,10,12-13H2,1H3,(H,22,23,25)/t15-/m1/s1. The average Bonchev–Trinajstić information content (AvgIpc) is 3.08. The highest BCUT2D eigenvalue weighted by Gasteiger charge is 2.17. The van der Waals surface area contributed by atoms with Crippen molar-refractivity contribution in [2.75, 3.05) is 18.4 Å². The Morgan fingerprint density at radius 2 is 2.12 bits per heavy atom. The van der Waals surface area contributed by atoms with Crippen molar-refractivity contribution in [1.29, 1.82) is 0 Å². The topological polar surface area (TPSA) is 45.2 Å². The summed E-state index contributed by atoms with van der Waals surface area (Å²) in [6, 6.07) is 13.8. The minimum Gasteiger partial charge on any atom is -0.298 e. The first kappa shape index (κ1) is 17.2. The number of rotatable bonds is 4. The molecule has 1 atom stereocenters. The predicted octanol–water partition coefficient (Wildman–Crippen LogP) is 4.78. The summed E-state index contributed by atoms with van der Waals surface area (Å²) in [6.07, 6.45) is 2.58. The Morgan fingerprint density at radius 3 is 2.96 bits per heavy atom. The van der Waals surface area contributed by atoms with Gasteiger partial charge < -0.3 is 0 Å². The molecule has 134 valence electrons. The quantitative estimate of drug-likeness (QED) is 0.724. The first-order valence-corrected chi connectivity index (χ1v) is 10.0. The van der Waals surface area contributed by atoms with E-state index in [2.05, 4.69) is 27.5 Å². The molecule has 1 aliphatic rings. The van der Waals surface area contributed by atoms with Crippen LogP contribution < -0.4 is 5.32 Å². The van der Waals surface area contributed by atoms with Crippen molar-refractivity contribution in [1.82, 2.24) is 9.88 Å². The lowest BCUT2D eigenvalue weighted by Crippen LogP contribution is -2.33. The molecule has 2 heterocycles. The smallest absolute Gasteiger partial charge is 0.257 e. The molecule has 1 fully saturated rings. The van der Waals surface area contributed by atoms with Gasteiger partial charge in [0.05, 0.1) is 5.69 Å². The van der Waals surface area contributed by atoms with E-state index < -0.39 is 0 Å². The molecule has 5 heteroatoms. The molecule has 4 nitrogen and oxygen atoms in total. The van der Waals surface area contributed by atoms with E-state index in [-0.39, 0.29) is 5.91 Å². The molecule has 1 amide bonds. The summed E-state index contributed by atoms with van der Waals surface area (Å²) < 4.78 is 0. The van der Waals surface area contributed by atoms with E-state index in [0.29, 0.717) is 10.7 Å². The highest BCUT2D eigenvalue weighted by molar-refractivity contribution is 7.14. The molecule has 1 aromatic heterocycles. The van der Waals surface area contributed by atoms with E-state index in [9.17, 15) is 4.79 Å². The lowest BCUT2D eigenvalue weighted by atomic mass is 10.0. The van der Waals surface area contributed by atoms with E-state index in [1.165, 1.54) is 24.2 Å². The second kappa shape index (κ2) is 7.56. The highest BCUT2D eigenvalue weighted by Crippen LogP contribution is 2.22. The SMILES string of the molecule is C[C@@H]1CCCN(Cc2csc(NC(=O)c3ccc4ccccc4c3)n2)C1. The maximum atomic E-state index is 12.5. The number of hydrogen-bond acceptors (Lipinski definition) is 4. The van der Waals surface area contributed by atoms with E-state index in [4.69, 9.17) is 0 Å². The van der Waals surface area contributed by atoms with E-state index in [1.54, 1.807) is 0 Å². The van der Waals surface area contributed by atoms with Crippen molar-refractivity contribution in [3.8, 4) is 0 Å². The van der Waals surface area contributed by atoms with Crippen molar-refractivity contribution in [2.45, 2.75) is 26.3 Å². The normalized spacial score (nSPS) is 18.1. The fourth-order valence-corrected chi connectivity index (χ4v) is 4.29. The number of likely N-dealkylation sites (tertiary alicyclic amines) is 1. The van der Waals surface area contributed by atoms with Crippen LogP contribution in [0.2, 0.25) is 0 Å². The maximum absolute atomic E-state index is 12.5. The summed E-state index contributed by atoms with van der Waals surface area (Å²) in [5.41, 5.74) is 1.70. The number of anilines is 1. The van der Waals surface area contributed by atoms with Gasteiger partial charge >= 0.3 is 0 Å². The molecule has 3 aromatic rings. The van der Waals surface area contributed by atoms with Gasteiger partial charge in [-0.25, -0.2) is 4.98 Å². The fourth-order valence-electron chi connectivity index (χ4n) is 3.60. The summed E-state index contributed by atoms with van der Waals surface area (Å²) in [5.74, 6) is 0.651. The van der Waals surface area contributed by atoms with E-state index in [1.807, 2.05) is 42.5 Å². The molecular formula is C21H23N3OS. The zero-order valence-corrected chi connectivity index (χ0v) is 15.8. The van der Waals surface area contributed by atoms with Gasteiger partial charge in [-0.1, -0.05) is 37.3 Å². The number of carbonyl (C=O) groups excluding carboxylic acids is 1. The van der Waals surface area contributed by atoms with Gasteiger partial charge in [0.1, 0.15) is 0 Å². The third-order valence-electron chi connectivity index (χ3n) is 4.91. The number of fused-ring (bicyclic) bond motifs is 1. The number of thiazole rings is 1. The molecule has 4 rings (SSSR count). The van der Waals surface area contributed by atoms with Crippen LogP contribution in [0.5, 0.6) is 0 Å². The third kappa shape index (κ3) is 3.94. The fraction of sp³-hybridized carbons (Fsp3) is 0.333. The second-order valence-corrected chi connectivity index (χ2v) is 8.00. The van der Waals surface area contributed by atoms with Gasteiger partial charge in [-0.2, -0.15) is 0 Å². The van der Waals surface area contributed by atoms with Crippen LogP contribution in [0.3, 0.4) is 0 Å². The van der Waals surface area contributed by atoms with Crippen LogP contribution in [0, 0.1) is 5.92 Å². The van der Waals surface area contributed by atoms with Crippen LogP contribution in [0.4, 0.5) is 5.13 Å². The summed E-state index contributed by atoms with van der Waals surface area (Å²) >= 11 is 1.50. The van der Waals surface area contributed by atoms with Gasteiger partial charge in [0.2, 0.25) is 0 Å². The minimum atomic E-state index is -0.108. The number of amides is 1. The Kier molecular flexibility index (Phi) is 5.00. The number of hydrogen-bond donors (Lipinski definition) is 1. The van der Waals surface area contributed by atoms with Crippen molar-refractivity contribution in [3.63, 3.8) is 0 Å². The van der Waals surface area contributed by atoms with Crippen LogP contribution in [0.15, 0.2) is 47.8 Å². The Labute approximate surface area is 157 Å². The van der Waals surface area contributed by atoms with Crippen LogP contribution in [-0.4, -0.2) is 28.9 Å². The summed E-state index contributed by atoms with van der Waals surface area (Å²) in [7, 11) is 0. The molecule has 0 radical (unpaired) electrons. The Hall–Kier alpha value is -2.24. The molecule has 1 aliphatic heterocycles. The van der Waals surface area contributed by atoms with Gasteiger partial charge in [-0.05, 0) is 48.2 Å². The molecular weight excluding hydrogens is 342 g/mol. The Balaban J connectivity index is 1.42. The first-order valence-electron chi connectivity index (χ1n) is 9.14. The summed E-state index contributed by atoms with van der Waals surface area (Å²) in [5, 5.41) is 7.86. The second-order valence-electron chi connectivity index (χ2n) is 7.14. The number of nitrogens with zero attached hydrogens (tertiary/aromatic N) is 2. The number of nitrogens with one attached hydrogen (secondary N) is 1. The number of carbonyl (C=O) groups is 1. The molecule has 0 unspecified atom stereocenters. The molecule has 0 spiro atoms. The molecule has 1 N–H and O–H groups in total. The van der Waals surface area contributed by atoms with Crippen LogP contribution in [0.1, 0.15) is 35.8 Å². The molecule has 2 aromatic carbocycles. The molecule has 0 saturated carbocycles. The van der Waals surface area contributed by atoms with Crippen LogP contribution in [0.25, 0.3) is 10.8 Å². The number of piperidine rings is 1. The van der Waals surface area contributed by atoms with E-state index >= 15 is 0 Å². The van der Waals surface area contributed by atoms with Gasteiger partial charge in [-0.15, -0.1) is 11.3 Å². The number of aromatic nitrogens is 1. The van der Waals surface area contributed by atoms with Gasteiger partial charge in [0.15, 0.2) is 5.13 Å². The highest BCUT2D eigenvalue weighted by atomic mass is 32.1. The summed E-state index contributed by atoms with van der Waals surface area (Å²) in [4.78, 5) is 19.6. The summed E-state index contributed by atoms with van der Waals surface area (Å²) in [6.45, 7) is 5.45. The Bertz CT molecular complexity index is 920. The molecule has 0 bridgehead atoms. The van der Waals surface area contributed by atoms with Crippen molar-refractivity contribution >= 4 is 33.1 Å². The van der Waals surface area contributed by atoms with Gasteiger partial charge in [0.25, 0.3) is 5.91 Å². The van der Waals surface area contributed by atoms with Crippen molar-refractivity contribution in [3.05, 3.63) is 59.1 Å². The lowest BCUT2D eigenvalue weighted by Gasteiger charge is -2.30. The van der Waals surface area contributed by atoms with Crippen molar-refractivity contribution in [2.24, 2.45) is 5.92 Å². The minimum absolute atomic E-state index is 0.108. The maximum Gasteiger partial charge on any atom is 0.257 e. The zero-order chi connectivity index (χ0) is 17.9. The van der Waals surface area contributed by atoms with Gasteiger partial charge in [0, 0.05) is 24.0 Å². The Morgan fingerprint density at radius 1 is 1.27 bits per heavy atom. The van der Waals surface area contributed by atoms with Crippen LogP contribution in [-0.2, 0) is 6.54 Å².